The number of rotatable bonds is 6. The van der Waals surface area contributed by atoms with Crippen LogP contribution in [0.2, 0.25) is 0 Å². The van der Waals surface area contributed by atoms with E-state index in [0.29, 0.717) is 41.1 Å². The maximum Gasteiger partial charge on any atom is 0.331 e. The Kier molecular flexibility index (Phi) is 6.04. The topological polar surface area (TPSA) is 93.9 Å². The Balaban J connectivity index is 1.63. The predicted octanol–water partition coefficient (Wildman–Crippen LogP) is 3.19. The lowest BCUT2D eigenvalue weighted by Crippen LogP contribution is -2.34. The Hall–Kier alpha value is -2.39. The number of anilines is 1. The second kappa shape index (κ2) is 8.32. The van der Waals surface area contributed by atoms with Crippen molar-refractivity contribution in [2.75, 3.05) is 23.7 Å². The third-order valence-corrected chi connectivity index (χ3v) is 5.81. The van der Waals surface area contributed by atoms with Gasteiger partial charge in [0, 0.05) is 18.2 Å². The van der Waals surface area contributed by atoms with E-state index in [-0.39, 0.29) is 5.78 Å². The first-order chi connectivity index (χ1) is 13.2. The highest BCUT2D eigenvalue weighted by Crippen LogP contribution is 2.30. The summed E-state index contributed by atoms with van der Waals surface area (Å²) in [5, 5.41) is 0. The van der Waals surface area contributed by atoms with Crippen LogP contribution in [0.15, 0.2) is 45.5 Å². The van der Waals surface area contributed by atoms with Gasteiger partial charge in [0.1, 0.15) is 5.76 Å². The van der Waals surface area contributed by atoms with E-state index >= 15 is 0 Å². The number of esters is 1. The molecular formula is C19H18BrNO6S. The molecule has 9 heteroatoms. The molecule has 3 rings (SSSR count). The summed E-state index contributed by atoms with van der Waals surface area (Å²) in [4.78, 5) is 24.1. The molecule has 0 unspecified atom stereocenters. The number of hydrogen-bond donors (Lipinski definition) is 0. The molecule has 1 aromatic carbocycles. The van der Waals surface area contributed by atoms with Crippen molar-refractivity contribution >= 4 is 49.5 Å². The summed E-state index contributed by atoms with van der Waals surface area (Å²) in [7, 11) is -3.36. The van der Waals surface area contributed by atoms with Crippen LogP contribution in [0.5, 0.6) is 0 Å². The van der Waals surface area contributed by atoms with Gasteiger partial charge in [-0.15, -0.1) is 0 Å². The molecule has 0 spiro atoms. The number of benzene rings is 1. The fraction of sp³-hybridized carbons (Fsp3) is 0.263. The second-order valence-electron chi connectivity index (χ2n) is 6.29. The highest BCUT2D eigenvalue weighted by molar-refractivity contribution is 9.10. The molecule has 7 nitrogen and oxygen atoms in total. The molecular weight excluding hydrogens is 450 g/mol. The van der Waals surface area contributed by atoms with Gasteiger partial charge in [0.25, 0.3) is 0 Å². The first-order valence-corrected chi connectivity index (χ1v) is 11.1. The average molecular weight is 468 g/mol. The minimum absolute atomic E-state index is 0.359. The second-order valence-corrected chi connectivity index (χ2v) is 8.98. The van der Waals surface area contributed by atoms with Crippen molar-refractivity contribution in [2.24, 2.45) is 0 Å². The number of furan rings is 1. The Bertz CT molecular complexity index is 1040. The molecule has 2 aromatic rings. The number of Topliss-reactive ketones (excluding diaryl/α,β-unsaturated/α-hetero) is 1. The van der Waals surface area contributed by atoms with Crippen molar-refractivity contribution < 1.29 is 27.2 Å². The summed E-state index contributed by atoms with van der Waals surface area (Å²) in [6.45, 7) is 0.0227. The SMILES string of the molecule is CS(=O)(=O)N1CCCc2cc(C(=O)COC(=O)/C=C/c3ccc(Br)o3)ccc21. The van der Waals surface area contributed by atoms with Crippen molar-refractivity contribution in [3.63, 3.8) is 0 Å². The smallest absolute Gasteiger partial charge is 0.331 e. The molecule has 0 N–H and O–H groups in total. The maximum absolute atomic E-state index is 12.3. The third kappa shape index (κ3) is 4.90. The minimum Gasteiger partial charge on any atom is -0.454 e. The number of carbonyl (C=O) groups excluding carboxylic acids is 2. The number of carbonyl (C=O) groups is 2. The molecule has 0 radical (unpaired) electrons. The van der Waals surface area contributed by atoms with Crippen LogP contribution in [0, 0.1) is 0 Å². The van der Waals surface area contributed by atoms with Crippen LogP contribution in [0.25, 0.3) is 6.08 Å². The van der Waals surface area contributed by atoms with E-state index < -0.39 is 22.6 Å². The standard InChI is InChI=1S/C19H18BrNO6S/c1-28(24,25)21-10-2-3-13-11-14(4-7-16(13)21)17(22)12-26-19(23)9-6-15-5-8-18(20)27-15/h4-9,11H,2-3,10,12H2,1H3/b9-6+. The van der Waals surface area contributed by atoms with Gasteiger partial charge < -0.3 is 9.15 Å². The monoisotopic (exact) mass is 467 g/mol. The van der Waals surface area contributed by atoms with E-state index in [9.17, 15) is 18.0 Å². The lowest BCUT2D eigenvalue weighted by molar-refractivity contribution is -0.136. The van der Waals surface area contributed by atoms with E-state index in [1.807, 2.05) is 0 Å². The average Bonchev–Trinajstić information content (AvgIpc) is 3.08. The van der Waals surface area contributed by atoms with Gasteiger partial charge in [-0.3, -0.25) is 9.10 Å². The third-order valence-electron chi connectivity index (χ3n) is 4.20. The Morgan fingerprint density at radius 1 is 1.29 bits per heavy atom. The van der Waals surface area contributed by atoms with Crippen molar-refractivity contribution in [1.29, 1.82) is 0 Å². The van der Waals surface area contributed by atoms with E-state index in [1.54, 1.807) is 30.3 Å². The van der Waals surface area contributed by atoms with Crippen LogP contribution in [-0.4, -0.2) is 39.6 Å². The van der Waals surface area contributed by atoms with Crippen molar-refractivity contribution in [1.82, 2.24) is 0 Å². The summed E-state index contributed by atoms with van der Waals surface area (Å²) in [6, 6.07) is 8.20. The zero-order valence-electron chi connectivity index (χ0n) is 15.1. The van der Waals surface area contributed by atoms with Crippen LogP contribution in [0.4, 0.5) is 5.69 Å². The highest BCUT2D eigenvalue weighted by Gasteiger charge is 2.24. The van der Waals surface area contributed by atoms with E-state index in [2.05, 4.69) is 15.9 Å². The summed E-state index contributed by atoms with van der Waals surface area (Å²) in [5.41, 5.74) is 1.76. The number of aryl methyl sites for hydroxylation is 1. The predicted molar refractivity (Wildman–Crippen MR) is 108 cm³/mol. The fourth-order valence-electron chi connectivity index (χ4n) is 2.92. The Morgan fingerprint density at radius 2 is 2.07 bits per heavy atom. The molecule has 0 bridgehead atoms. The number of fused-ring (bicyclic) bond motifs is 1. The molecule has 0 amide bonds. The van der Waals surface area contributed by atoms with Gasteiger partial charge in [0.15, 0.2) is 17.1 Å². The summed E-state index contributed by atoms with van der Waals surface area (Å²) in [5.74, 6) is -0.552. The van der Waals surface area contributed by atoms with Gasteiger partial charge in [-0.1, -0.05) is 0 Å². The molecule has 0 saturated heterocycles. The van der Waals surface area contributed by atoms with E-state index in [1.165, 1.54) is 16.5 Å². The van der Waals surface area contributed by atoms with Crippen molar-refractivity contribution in [3.8, 4) is 0 Å². The number of nitrogens with zero attached hydrogens (tertiary/aromatic N) is 1. The number of halogens is 1. The quantitative estimate of drug-likeness (QED) is 0.367. The molecule has 28 heavy (non-hydrogen) atoms. The van der Waals surface area contributed by atoms with E-state index in [0.717, 1.165) is 11.8 Å². The van der Waals surface area contributed by atoms with Gasteiger partial charge in [-0.05, 0) is 70.7 Å². The first-order valence-electron chi connectivity index (χ1n) is 8.48. The van der Waals surface area contributed by atoms with Gasteiger partial charge >= 0.3 is 5.97 Å². The number of hydrogen-bond acceptors (Lipinski definition) is 6. The van der Waals surface area contributed by atoms with Gasteiger partial charge in [0.2, 0.25) is 10.0 Å². The Morgan fingerprint density at radius 3 is 2.75 bits per heavy atom. The molecule has 0 aliphatic carbocycles. The van der Waals surface area contributed by atoms with Crippen molar-refractivity contribution in [3.05, 3.63) is 58.0 Å². The fourth-order valence-corrected chi connectivity index (χ4v) is 4.23. The number of ketones is 1. The lowest BCUT2D eigenvalue weighted by atomic mass is 9.99. The largest absolute Gasteiger partial charge is 0.454 e. The molecule has 148 valence electrons. The minimum atomic E-state index is -3.36. The summed E-state index contributed by atoms with van der Waals surface area (Å²) >= 11 is 3.16. The molecule has 1 aliphatic rings. The number of sulfonamides is 1. The molecule has 0 saturated carbocycles. The van der Waals surface area contributed by atoms with Crippen LogP contribution in [0.1, 0.15) is 28.1 Å². The highest BCUT2D eigenvalue weighted by atomic mass is 79.9. The first kappa shape index (κ1) is 20.3. The lowest BCUT2D eigenvalue weighted by Gasteiger charge is -2.29. The summed E-state index contributed by atoms with van der Waals surface area (Å²) in [6.07, 6.45) is 5.14. The molecule has 0 atom stereocenters. The number of ether oxygens (including phenoxy) is 1. The Labute approximate surface area is 171 Å². The van der Waals surface area contributed by atoms with Crippen LogP contribution in [-0.2, 0) is 26.0 Å². The van der Waals surface area contributed by atoms with Crippen LogP contribution < -0.4 is 4.31 Å². The maximum atomic E-state index is 12.3. The van der Waals surface area contributed by atoms with Crippen LogP contribution >= 0.6 is 15.9 Å². The van der Waals surface area contributed by atoms with Gasteiger partial charge in [-0.2, -0.15) is 0 Å². The zero-order valence-corrected chi connectivity index (χ0v) is 17.5. The van der Waals surface area contributed by atoms with Crippen LogP contribution in [0.3, 0.4) is 0 Å². The molecule has 1 aromatic heterocycles. The zero-order chi connectivity index (χ0) is 20.3. The van der Waals surface area contributed by atoms with Gasteiger partial charge in [0.05, 0.1) is 11.9 Å². The van der Waals surface area contributed by atoms with Gasteiger partial charge in [-0.25, -0.2) is 13.2 Å². The molecule has 0 fully saturated rings. The van der Waals surface area contributed by atoms with Crippen molar-refractivity contribution in [2.45, 2.75) is 12.8 Å². The molecule has 1 aliphatic heterocycles. The summed E-state index contributed by atoms with van der Waals surface area (Å²) < 4.78 is 35.9. The molecule has 2 heterocycles. The van der Waals surface area contributed by atoms with E-state index in [4.69, 9.17) is 9.15 Å². The normalized spacial score (nSPS) is 14.1.